The molecular weight excluding hydrogens is 276 g/mol. The van der Waals surface area contributed by atoms with Crippen molar-refractivity contribution in [3.63, 3.8) is 0 Å². The lowest BCUT2D eigenvalue weighted by atomic mass is 10.1. The molecule has 1 aliphatic rings. The van der Waals surface area contributed by atoms with Crippen LogP contribution in [0.25, 0.3) is 11.3 Å². The molecule has 114 valence electrons. The Morgan fingerprint density at radius 1 is 1.27 bits per heavy atom. The molecule has 1 amide bonds. The van der Waals surface area contributed by atoms with E-state index in [2.05, 4.69) is 10.3 Å². The van der Waals surface area contributed by atoms with Gasteiger partial charge in [-0.25, -0.2) is 0 Å². The van der Waals surface area contributed by atoms with Gasteiger partial charge in [0, 0.05) is 18.7 Å². The van der Waals surface area contributed by atoms with Gasteiger partial charge in [-0.15, -0.1) is 0 Å². The monoisotopic (exact) mass is 296 g/mol. The van der Waals surface area contributed by atoms with E-state index in [1.165, 1.54) is 0 Å². The molecule has 4 heteroatoms. The maximum absolute atomic E-state index is 12.3. The summed E-state index contributed by atoms with van der Waals surface area (Å²) in [6, 6.07) is 13.7. The highest BCUT2D eigenvalue weighted by atomic mass is 16.5. The maximum Gasteiger partial charge on any atom is 0.253 e. The first-order chi connectivity index (χ1) is 10.7. The van der Waals surface area contributed by atoms with Crippen LogP contribution in [-0.2, 0) is 4.74 Å². The van der Waals surface area contributed by atoms with Gasteiger partial charge in [-0.1, -0.05) is 30.3 Å². The van der Waals surface area contributed by atoms with E-state index in [1.54, 1.807) is 0 Å². The average molecular weight is 296 g/mol. The molecule has 0 radical (unpaired) electrons. The van der Waals surface area contributed by atoms with E-state index >= 15 is 0 Å². The van der Waals surface area contributed by atoms with Crippen LogP contribution in [0.4, 0.5) is 0 Å². The summed E-state index contributed by atoms with van der Waals surface area (Å²) in [6.45, 7) is 3.24. The fourth-order valence-corrected chi connectivity index (χ4v) is 2.68. The van der Waals surface area contributed by atoms with Crippen molar-refractivity contribution in [1.29, 1.82) is 0 Å². The molecule has 1 aromatic carbocycles. The van der Waals surface area contributed by atoms with Gasteiger partial charge >= 0.3 is 0 Å². The molecule has 1 atom stereocenters. The van der Waals surface area contributed by atoms with Crippen molar-refractivity contribution in [2.24, 2.45) is 0 Å². The summed E-state index contributed by atoms with van der Waals surface area (Å²) in [5, 5.41) is 2.94. The number of carbonyl (C=O) groups excluding carboxylic acids is 1. The van der Waals surface area contributed by atoms with Crippen molar-refractivity contribution in [1.82, 2.24) is 10.3 Å². The van der Waals surface area contributed by atoms with Crippen LogP contribution in [-0.4, -0.2) is 30.1 Å². The molecule has 0 aliphatic carbocycles. The van der Waals surface area contributed by atoms with E-state index in [-0.39, 0.29) is 12.0 Å². The van der Waals surface area contributed by atoms with Crippen molar-refractivity contribution in [2.75, 3.05) is 13.2 Å². The first-order valence-electron chi connectivity index (χ1n) is 7.67. The molecule has 1 aliphatic heterocycles. The molecule has 1 unspecified atom stereocenters. The fraction of sp³-hybridized carbons (Fsp3) is 0.333. The summed E-state index contributed by atoms with van der Waals surface area (Å²) >= 11 is 0. The number of benzene rings is 1. The van der Waals surface area contributed by atoms with E-state index in [0.717, 1.165) is 36.4 Å². The van der Waals surface area contributed by atoms with E-state index in [4.69, 9.17) is 4.74 Å². The zero-order chi connectivity index (χ0) is 15.4. The van der Waals surface area contributed by atoms with Crippen molar-refractivity contribution in [3.05, 3.63) is 53.7 Å². The number of amides is 1. The smallest absolute Gasteiger partial charge is 0.253 e. The number of nitrogens with zero attached hydrogens (tertiary/aromatic N) is 1. The Morgan fingerprint density at radius 2 is 2.09 bits per heavy atom. The molecule has 2 aromatic rings. The van der Waals surface area contributed by atoms with Gasteiger partial charge in [0.15, 0.2) is 0 Å². The third-order valence-corrected chi connectivity index (χ3v) is 3.91. The lowest BCUT2D eigenvalue weighted by Crippen LogP contribution is -2.32. The highest BCUT2D eigenvalue weighted by Gasteiger charge is 2.17. The van der Waals surface area contributed by atoms with Crippen LogP contribution >= 0.6 is 0 Å². The van der Waals surface area contributed by atoms with E-state index < -0.39 is 0 Å². The second-order valence-electron chi connectivity index (χ2n) is 5.54. The molecule has 0 saturated carbocycles. The minimum Gasteiger partial charge on any atom is -0.376 e. The van der Waals surface area contributed by atoms with E-state index in [1.807, 2.05) is 49.4 Å². The van der Waals surface area contributed by atoms with E-state index in [9.17, 15) is 4.79 Å². The predicted molar refractivity (Wildman–Crippen MR) is 85.7 cm³/mol. The number of aryl methyl sites for hydroxylation is 1. The number of carbonyl (C=O) groups is 1. The second kappa shape index (κ2) is 6.71. The fourth-order valence-electron chi connectivity index (χ4n) is 2.68. The largest absolute Gasteiger partial charge is 0.376 e. The van der Waals surface area contributed by atoms with Gasteiger partial charge in [0.25, 0.3) is 5.91 Å². The predicted octanol–water partition coefficient (Wildman–Crippen LogP) is 2.97. The summed E-state index contributed by atoms with van der Waals surface area (Å²) in [5.74, 6) is -0.0832. The normalized spacial score (nSPS) is 17.4. The zero-order valence-electron chi connectivity index (χ0n) is 12.7. The number of ether oxygens (including phenoxy) is 1. The molecule has 4 nitrogen and oxygen atoms in total. The summed E-state index contributed by atoms with van der Waals surface area (Å²) < 4.78 is 5.52. The number of hydrogen-bond donors (Lipinski definition) is 1. The van der Waals surface area contributed by atoms with Crippen molar-refractivity contribution >= 4 is 5.91 Å². The molecule has 0 bridgehead atoms. The minimum absolute atomic E-state index is 0.0832. The van der Waals surface area contributed by atoms with Crippen LogP contribution in [0.1, 0.15) is 28.9 Å². The molecule has 1 aromatic heterocycles. The summed E-state index contributed by atoms with van der Waals surface area (Å²) in [4.78, 5) is 16.8. The Hall–Kier alpha value is -2.20. The van der Waals surface area contributed by atoms with Gasteiger partial charge in [-0.3, -0.25) is 9.78 Å². The van der Waals surface area contributed by atoms with Gasteiger partial charge in [0.05, 0.1) is 23.1 Å². The number of hydrogen-bond acceptors (Lipinski definition) is 3. The number of aromatic nitrogens is 1. The molecule has 1 N–H and O–H groups in total. The molecule has 1 fully saturated rings. The summed E-state index contributed by atoms with van der Waals surface area (Å²) in [5.41, 5.74) is 3.30. The average Bonchev–Trinajstić information content (AvgIpc) is 3.07. The Balaban J connectivity index is 1.70. The Labute approximate surface area is 130 Å². The van der Waals surface area contributed by atoms with Crippen molar-refractivity contribution in [2.45, 2.75) is 25.9 Å². The van der Waals surface area contributed by atoms with Crippen LogP contribution in [0.15, 0.2) is 42.5 Å². The summed E-state index contributed by atoms with van der Waals surface area (Å²) in [6.07, 6.45) is 2.25. The molecule has 1 saturated heterocycles. The van der Waals surface area contributed by atoms with Crippen LogP contribution in [0.2, 0.25) is 0 Å². The van der Waals surface area contributed by atoms with Crippen molar-refractivity contribution in [3.8, 4) is 11.3 Å². The van der Waals surface area contributed by atoms with E-state index in [0.29, 0.717) is 12.1 Å². The van der Waals surface area contributed by atoms with Gasteiger partial charge in [0.2, 0.25) is 0 Å². The maximum atomic E-state index is 12.3. The zero-order valence-corrected chi connectivity index (χ0v) is 12.7. The molecular formula is C18H20N2O2. The van der Waals surface area contributed by atoms with Crippen LogP contribution < -0.4 is 5.32 Å². The van der Waals surface area contributed by atoms with Crippen molar-refractivity contribution < 1.29 is 9.53 Å². The Morgan fingerprint density at radius 3 is 2.77 bits per heavy atom. The third kappa shape index (κ3) is 3.34. The molecule has 3 rings (SSSR count). The van der Waals surface area contributed by atoms with Crippen LogP contribution in [0.3, 0.4) is 0 Å². The van der Waals surface area contributed by atoms with Gasteiger partial charge in [-0.2, -0.15) is 0 Å². The Kier molecular flexibility index (Phi) is 4.49. The minimum atomic E-state index is -0.0832. The van der Waals surface area contributed by atoms with Gasteiger partial charge in [0.1, 0.15) is 0 Å². The quantitative estimate of drug-likeness (QED) is 0.943. The van der Waals surface area contributed by atoms with Gasteiger partial charge < -0.3 is 10.1 Å². The number of pyridine rings is 1. The summed E-state index contributed by atoms with van der Waals surface area (Å²) in [7, 11) is 0. The highest BCUT2D eigenvalue weighted by Crippen LogP contribution is 2.18. The molecule has 2 heterocycles. The first-order valence-corrected chi connectivity index (χ1v) is 7.67. The third-order valence-electron chi connectivity index (χ3n) is 3.91. The molecule has 22 heavy (non-hydrogen) atoms. The Bertz CT molecular complexity index is 649. The van der Waals surface area contributed by atoms with Crippen LogP contribution in [0.5, 0.6) is 0 Å². The number of rotatable bonds is 4. The highest BCUT2D eigenvalue weighted by molar-refractivity contribution is 5.95. The van der Waals surface area contributed by atoms with Gasteiger partial charge in [-0.05, 0) is 31.9 Å². The standard InChI is InChI=1S/C18H20N2O2/c1-13-16(18(21)19-12-15-8-5-11-22-15)9-10-17(20-13)14-6-3-2-4-7-14/h2-4,6-7,9-10,15H,5,8,11-12H2,1H3,(H,19,21). The lowest BCUT2D eigenvalue weighted by Gasteiger charge is -2.12. The lowest BCUT2D eigenvalue weighted by molar-refractivity contribution is 0.0857. The molecule has 0 spiro atoms. The first kappa shape index (κ1) is 14.7. The topological polar surface area (TPSA) is 51.2 Å². The second-order valence-corrected chi connectivity index (χ2v) is 5.54. The SMILES string of the molecule is Cc1nc(-c2ccccc2)ccc1C(=O)NCC1CCCO1. The number of nitrogens with one attached hydrogen (secondary N) is 1. The van der Waals surface area contributed by atoms with Crippen LogP contribution in [0, 0.1) is 6.92 Å².